The number of aromatic nitrogens is 1. The second-order valence-corrected chi connectivity index (χ2v) is 7.72. The molecule has 1 aromatic heterocycles. The van der Waals surface area contributed by atoms with E-state index in [1.165, 1.54) is 7.11 Å². The highest BCUT2D eigenvalue weighted by atomic mass is 79.9. The minimum atomic E-state index is -0.618. The standard InChI is InChI=1S/C17H23BrN2O5/c1-17(2,3)25-16(23)20-7-5-10(6-8-20)12-9-11(15(22)24-4)13(21)14(18)19-12/h9-10,21H,5-8H2,1-4H3. The number of nitrogens with zero attached hydrogens (tertiary/aromatic N) is 2. The molecule has 0 aromatic carbocycles. The lowest BCUT2D eigenvalue weighted by Crippen LogP contribution is -2.41. The molecule has 8 heteroatoms. The Morgan fingerprint density at radius 2 is 1.92 bits per heavy atom. The van der Waals surface area contributed by atoms with Crippen LogP contribution >= 0.6 is 15.9 Å². The molecule has 7 nitrogen and oxygen atoms in total. The van der Waals surface area contributed by atoms with E-state index in [0.29, 0.717) is 31.6 Å². The van der Waals surface area contributed by atoms with Crippen molar-refractivity contribution in [1.82, 2.24) is 9.88 Å². The molecule has 1 N–H and O–H groups in total. The van der Waals surface area contributed by atoms with Crippen molar-refractivity contribution >= 4 is 28.0 Å². The quantitative estimate of drug-likeness (QED) is 0.588. The van der Waals surface area contributed by atoms with Crippen LogP contribution in [-0.4, -0.2) is 52.9 Å². The van der Waals surface area contributed by atoms with Gasteiger partial charge in [0.25, 0.3) is 0 Å². The summed E-state index contributed by atoms with van der Waals surface area (Å²) in [5.74, 6) is -0.770. The molecule has 25 heavy (non-hydrogen) atoms. The van der Waals surface area contributed by atoms with Crippen molar-refractivity contribution in [2.75, 3.05) is 20.2 Å². The summed E-state index contributed by atoms with van der Waals surface area (Å²) in [5.41, 5.74) is 0.245. The van der Waals surface area contributed by atoms with Gasteiger partial charge in [0.2, 0.25) is 0 Å². The Morgan fingerprint density at radius 3 is 2.44 bits per heavy atom. The van der Waals surface area contributed by atoms with Crippen LogP contribution < -0.4 is 0 Å². The van der Waals surface area contributed by atoms with Gasteiger partial charge in [0.1, 0.15) is 15.8 Å². The van der Waals surface area contributed by atoms with Gasteiger partial charge in [-0.05, 0) is 55.6 Å². The first-order valence-corrected chi connectivity index (χ1v) is 8.87. The molecular formula is C17H23BrN2O5. The number of carbonyl (C=O) groups is 2. The molecule has 0 atom stereocenters. The summed E-state index contributed by atoms with van der Waals surface area (Å²) in [6.45, 7) is 6.61. The molecule has 138 valence electrons. The molecule has 1 aromatic rings. The lowest BCUT2D eigenvalue weighted by atomic mass is 9.92. The second kappa shape index (κ2) is 7.59. The van der Waals surface area contributed by atoms with Gasteiger partial charge in [-0.25, -0.2) is 14.6 Å². The Bertz CT molecular complexity index is 664. The van der Waals surface area contributed by atoms with E-state index < -0.39 is 11.6 Å². The van der Waals surface area contributed by atoms with Crippen molar-refractivity contribution in [2.45, 2.75) is 45.1 Å². The summed E-state index contributed by atoms with van der Waals surface area (Å²) >= 11 is 3.18. The van der Waals surface area contributed by atoms with Gasteiger partial charge in [0, 0.05) is 24.7 Å². The number of hydrogen-bond donors (Lipinski definition) is 1. The third kappa shape index (κ3) is 4.84. The number of amides is 1. The van der Waals surface area contributed by atoms with Gasteiger partial charge in [0.15, 0.2) is 5.75 Å². The third-order valence-corrected chi connectivity index (χ3v) is 4.49. The normalized spacial score (nSPS) is 15.8. The molecule has 0 aliphatic carbocycles. The van der Waals surface area contributed by atoms with E-state index in [4.69, 9.17) is 9.47 Å². The predicted octanol–water partition coefficient (Wildman–Crippen LogP) is 3.45. The lowest BCUT2D eigenvalue weighted by molar-refractivity contribution is 0.0204. The number of ether oxygens (including phenoxy) is 2. The molecule has 0 saturated carbocycles. The molecule has 1 aliphatic heterocycles. The molecule has 1 amide bonds. The predicted molar refractivity (Wildman–Crippen MR) is 94.7 cm³/mol. The number of piperidine rings is 1. The van der Waals surface area contributed by atoms with Crippen molar-refractivity contribution in [1.29, 1.82) is 0 Å². The van der Waals surface area contributed by atoms with Crippen LogP contribution in [0.3, 0.4) is 0 Å². The average molecular weight is 415 g/mol. The number of pyridine rings is 1. The van der Waals surface area contributed by atoms with Gasteiger partial charge in [-0.2, -0.15) is 0 Å². The molecule has 0 radical (unpaired) electrons. The van der Waals surface area contributed by atoms with Crippen molar-refractivity contribution in [2.24, 2.45) is 0 Å². The summed E-state index contributed by atoms with van der Waals surface area (Å²) in [5, 5.41) is 9.97. The smallest absolute Gasteiger partial charge is 0.410 e. The maximum Gasteiger partial charge on any atom is 0.410 e. The van der Waals surface area contributed by atoms with E-state index in [0.717, 1.165) is 0 Å². The van der Waals surface area contributed by atoms with Crippen LogP contribution in [0.5, 0.6) is 5.75 Å². The molecule has 0 unspecified atom stereocenters. The second-order valence-electron chi connectivity index (χ2n) is 6.97. The fourth-order valence-corrected chi connectivity index (χ4v) is 3.10. The third-order valence-electron chi connectivity index (χ3n) is 3.94. The Kier molecular flexibility index (Phi) is 5.92. The number of halogens is 1. The van der Waals surface area contributed by atoms with Crippen molar-refractivity contribution in [3.05, 3.63) is 21.9 Å². The monoisotopic (exact) mass is 414 g/mol. The number of methoxy groups -OCH3 is 1. The van der Waals surface area contributed by atoms with E-state index in [1.807, 2.05) is 20.8 Å². The van der Waals surface area contributed by atoms with E-state index in [1.54, 1.807) is 11.0 Å². The van der Waals surface area contributed by atoms with Crippen molar-refractivity contribution < 1.29 is 24.2 Å². The van der Waals surface area contributed by atoms with Crippen LogP contribution in [0.25, 0.3) is 0 Å². The highest BCUT2D eigenvalue weighted by molar-refractivity contribution is 9.10. The Balaban J connectivity index is 2.09. The first-order chi connectivity index (χ1) is 11.6. The number of rotatable bonds is 2. The Hall–Kier alpha value is -1.83. The fraction of sp³-hybridized carbons (Fsp3) is 0.588. The van der Waals surface area contributed by atoms with Gasteiger partial charge in [-0.3, -0.25) is 0 Å². The van der Waals surface area contributed by atoms with Crippen LogP contribution in [0, 0.1) is 0 Å². The maximum atomic E-state index is 12.1. The minimum Gasteiger partial charge on any atom is -0.504 e. The summed E-state index contributed by atoms with van der Waals surface area (Å²) in [6.07, 6.45) is 1.08. The number of carbonyl (C=O) groups excluding carboxylic acids is 2. The molecule has 1 aliphatic rings. The average Bonchev–Trinajstić information content (AvgIpc) is 2.55. The lowest BCUT2D eigenvalue weighted by Gasteiger charge is -2.33. The molecule has 1 saturated heterocycles. The highest BCUT2D eigenvalue weighted by Gasteiger charge is 2.29. The first kappa shape index (κ1) is 19.5. The molecule has 1 fully saturated rings. The number of likely N-dealkylation sites (tertiary alicyclic amines) is 1. The number of esters is 1. The number of aromatic hydroxyl groups is 1. The Morgan fingerprint density at radius 1 is 1.32 bits per heavy atom. The van der Waals surface area contributed by atoms with Crippen LogP contribution in [0.1, 0.15) is 55.6 Å². The van der Waals surface area contributed by atoms with Gasteiger partial charge >= 0.3 is 12.1 Å². The van der Waals surface area contributed by atoms with Crippen LogP contribution in [-0.2, 0) is 9.47 Å². The number of hydrogen-bond acceptors (Lipinski definition) is 6. The van der Waals surface area contributed by atoms with Crippen LogP contribution in [0.4, 0.5) is 4.79 Å². The summed E-state index contributed by atoms with van der Waals surface area (Å²) in [4.78, 5) is 29.9. The SMILES string of the molecule is COC(=O)c1cc(C2CCN(C(=O)OC(C)(C)C)CC2)nc(Br)c1O. The zero-order valence-corrected chi connectivity index (χ0v) is 16.4. The van der Waals surface area contributed by atoms with Gasteiger partial charge < -0.3 is 19.5 Å². The zero-order valence-electron chi connectivity index (χ0n) is 14.8. The van der Waals surface area contributed by atoms with Gasteiger partial charge in [0.05, 0.1) is 7.11 Å². The van der Waals surface area contributed by atoms with E-state index >= 15 is 0 Å². The molecule has 0 spiro atoms. The van der Waals surface area contributed by atoms with Gasteiger partial charge in [-0.15, -0.1) is 0 Å². The largest absolute Gasteiger partial charge is 0.504 e. The van der Waals surface area contributed by atoms with E-state index in [-0.39, 0.29) is 27.9 Å². The fourth-order valence-electron chi connectivity index (χ4n) is 2.68. The summed E-state index contributed by atoms with van der Waals surface area (Å²) in [6, 6.07) is 1.56. The van der Waals surface area contributed by atoms with Crippen LogP contribution in [0.15, 0.2) is 10.7 Å². The zero-order chi connectivity index (χ0) is 18.8. The van der Waals surface area contributed by atoms with Crippen molar-refractivity contribution in [3.8, 4) is 5.75 Å². The Labute approximate surface area is 155 Å². The summed E-state index contributed by atoms with van der Waals surface area (Å²) in [7, 11) is 1.26. The maximum absolute atomic E-state index is 12.1. The molecular weight excluding hydrogens is 392 g/mol. The van der Waals surface area contributed by atoms with Gasteiger partial charge in [-0.1, -0.05) is 0 Å². The molecule has 2 rings (SSSR count). The molecule has 2 heterocycles. The highest BCUT2D eigenvalue weighted by Crippen LogP contribution is 2.33. The van der Waals surface area contributed by atoms with E-state index in [2.05, 4.69) is 20.9 Å². The topological polar surface area (TPSA) is 89.0 Å². The first-order valence-electron chi connectivity index (χ1n) is 8.08. The van der Waals surface area contributed by atoms with Crippen LogP contribution in [0.2, 0.25) is 0 Å². The van der Waals surface area contributed by atoms with Crippen molar-refractivity contribution in [3.63, 3.8) is 0 Å². The van der Waals surface area contributed by atoms with E-state index in [9.17, 15) is 14.7 Å². The summed E-state index contributed by atoms with van der Waals surface area (Å²) < 4.78 is 10.3. The molecule has 0 bridgehead atoms. The minimum absolute atomic E-state index is 0.0777.